The van der Waals surface area contributed by atoms with Gasteiger partial charge in [0.1, 0.15) is 6.04 Å². The van der Waals surface area contributed by atoms with Crippen molar-refractivity contribution in [3.05, 3.63) is 76.8 Å². The highest BCUT2D eigenvalue weighted by Crippen LogP contribution is 2.65. The Hall–Kier alpha value is -2.92. The molecule has 2 bridgehead atoms. The first-order chi connectivity index (χ1) is 15.9. The molecule has 0 aromatic heterocycles. The normalized spacial score (nSPS) is 31.9. The number of imide groups is 1. The Labute approximate surface area is 197 Å². The molecule has 1 aliphatic heterocycles. The fourth-order valence-corrected chi connectivity index (χ4v) is 6.50. The number of likely N-dealkylation sites (tertiary alicyclic amines) is 1. The fourth-order valence-electron chi connectivity index (χ4n) is 6.32. The van der Waals surface area contributed by atoms with Crippen molar-refractivity contribution in [2.24, 2.45) is 35.5 Å². The molecule has 3 fully saturated rings. The Kier molecular flexibility index (Phi) is 4.73. The molecule has 2 aromatic rings. The van der Waals surface area contributed by atoms with E-state index in [9.17, 15) is 14.4 Å². The van der Waals surface area contributed by atoms with Crippen LogP contribution in [0.4, 0.5) is 5.69 Å². The van der Waals surface area contributed by atoms with Gasteiger partial charge in [0.05, 0.1) is 11.8 Å². The Morgan fingerprint density at radius 3 is 2.27 bits per heavy atom. The van der Waals surface area contributed by atoms with Gasteiger partial charge < -0.3 is 5.32 Å². The average molecular weight is 461 g/mol. The SMILES string of the molecule is Cc1ccc(NC(=O)[C@H](Cc2ccccc2)N2C(=O)[C@H]3[C@@H]4C=C[C@H]([C@H]5C[C@H]45)[C@@H]3C2=O)cc1Cl. The summed E-state index contributed by atoms with van der Waals surface area (Å²) in [6.07, 6.45) is 5.68. The molecule has 6 heteroatoms. The molecule has 5 nitrogen and oxygen atoms in total. The first-order valence-electron chi connectivity index (χ1n) is 11.6. The van der Waals surface area contributed by atoms with Crippen LogP contribution in [0.25, 0.3) is 0 Å². The lowest BCUT2D eigenvalue weighted by Crippen LogP contribution is -2.49. The third kappa shape index (κ3) is 3.24. The van der Waals surface area contributed by atoms with Crippen LogP contribution in [0.5, 0.6) is 0 Å². The molecule has 1 heterocycles. The molecule has 168 valence electrons. The molecule has 2 saturated carbocycles. The summed E-state index contributed by atoms with van der Waals surface area (Å²) in [6.45, 7) is 1.89. The number of benzene rings is 2. The second-order valence-corrected chi connectivity index (χ2v) is 10.3. The van der Waals surface area contributed by atoms with E-state index in [2.05, 4.69) is 17.5 Å². The number of halogens is 1. The van der Waals surface area contributed by atoms with Gasteiger partial charge in [0.25, 0.3) is 0 Å². The van der Waals surface area contributed by atoms with Crippen molar-refractivity contribution in [1.82, 2.24) is 4.90 Å². The van der Waals surface area contributed by atoms with Gasteiger partial charge in [0, 0.05) is 17.1 Å². The molecule has 4 aliphatic carbocycles. The predicted octanol–water partition coefficient (Wildman–Crippen LogP) is 4.25. The number of aryl methyl sites for hydroxylation is 1. The smallest absolute Gasteiger partial charge is 0.248 e. The molecule has 1 saturated heterocycles. The predicted molar refractivity (Wildman–Crippen MR) is 125 cm³/mol. The maximum atomic E-state index is 13.7. The van der Waals surface area contributed by atoms with Gasteiger partial charge in [-0.2, -0.15) is 0 Å². The Bertz CT molecular complexity index is 1160. The van der Waals surface area contributed by atoms with Gasteiger partial charge in [0.15, 0.2) is 0 Å². The third-order valence-electron chi connectivity index (χ3n) is 8.02. The van der Waals surface area contributed by atoms with Crippen molar-refractivity contribution >= 4 is 35.0 Å². The molecule has 0 spiro atoms. The number of carbonyl (C=O) groups is 3. The molecule has 2 aromatic carbocycles. The van der Waals surface area contributed by atoms with E-state index in [1.165, 1.54) is 4.90 Å². The molecule has 3 amide bonds. The van der Waals surface area contributed by atoms with E-state index in [0.29, 0.717) is 22.5 Å². The molecule has 1 N–H and O–H groups in total. The van der Waals surface area contributed by atoms with Crippen molar-refractivity contribution in [1.29, 1.82) is 0 Å². The first-order valence-corrected chi connectivity index (χ1v) is 12.0. The van der Waals surface area contributed by atoms with E-state index in [1.54, 1.807) is 12.1 Å². The maximum Gasteiger partial charge on any atom is 0.248 e. The number of rotatable bonds is 5. The molecule has 7 rings (SSSR count). The summed E-state index contributed by atoms with van der Waals surface area (Å²) < 4.78 is 0. The van der Waals surface area contributed by atoms with Crippen LogP contribution in [-0.4, -0.2) is 28.7 Å². The van der Waals surface area contributed by atoms with Gasteiger partial charge in [-0.15, -0.1) is 0 Å². The van der Waals surface area contributed by atoms with Gasteiger partial charge in [-0.3, -0.25) is 19.3 Å². The summed E-state index contributed by atoms with van der Waals surface area (Å²) in [5.74, 6) is -0.0917. The number of amides is 3. The number of hydrogen-bond acceptors (Lipinski definition) is 3. The van der Waals surface area contributed by atoms with E-state index >= 15 is 0 Å². The van der Waals surface area contributed by atoms with Gasteiger partial charge in [0.2, 0.25) is 17.7 Å². The lowest BCUT2D eigenvalue weighted by atomic mass is 9.63. The molecular weight excluding hydrogens is 436 g/mol. The van der Waals surface area contributed by atoms with Gasteiger partial charge in [-0.25, -0.2) is 0 Å². The number of carbonyl (C=O) groups excluding carboxylic acids is 3. The second kappa shape index (κ2) is 7.56. The first kappa shape index (κ1) is 20.7. The molecule has 0 radical (unpaired) electrons. The van der Waals surface area contributed by atoms with Crippen LogP contribution in [0.2, 0.25) is 5.02 Å². The van der Waals surface area contributed by atoms with Gasteiger partial charge in [-0.05, 0) is 60.3 Å². The Balaban J connectivity index is 1.33. The molecule has 0 unspecified atom stereocenters. The zero-order chi connectivity index (χ0) is 22.9. The lowest BCUT2D eigenvalue weighted by molar-refractivity contribution is -0.146. The average Bonchev–Trinajstić information content (AvgIpc) is 3.59. The molecule has 33 heavy (non-hydrogen) atoms. The third-order valence-corrected chi connectivity index (χ3v) is 8.43. The Morgan fingerprint density at radius 1 is 1.03 bits per heavy atom. The monoisotopic (exact) mass is 460 g/mol. The highest BCUT2D eigenvalue weighted by molar-refractivity contribution is 6.31. The van der Waals surface area contributed by atoms with E-state index in [0.717, 1.165) is 17.5 Å². The Morgan fingerprint density at radius 2 is 1.67 bits per heavy atom. The summed E-state index contributed by atoms with van der Waals surface area (Å²) in [6, 6.07) is 13.9. The second-order valence-electron chi connectivity index (χ2n) is 9.86. The van der Waals surface area contributed by atoms with E-state index in [1.807, 2.05) is 43.3 Å². The van der Waals surface area contributed by atoms with Crippen LogP contribution in [0.1, 0.15) is 17.5 Å². The van der Waals surface area contributed by atoms with Crippen LogP contribution in [0.3, 0.4) is 0 Å². The topological polar surface area (TPSA) is 66.5 Å². The summed E-state index contributed by atoms with van der Waals surface area (Å²) in [4.78, 5) is 42.1. The van der Waals surface area contributed by atoms with Crippen molar-refractivity contribution < 1.29 is 14.4 Å². The van der Waals surface area contributed by atoms with Crippen molar-refractivity contribution in [2.45, 2.75) is 25.8 Å². The van der Waals surface area contributed by atoms with Crippen LogP contribution in [-0.2, 0) is 20.8 Å². The maximum absolute atomic E-state index is 13.7. The van der Waals surface area contributed by atoms with Crippen molar-refractivity contribution in [3.63, 3.8) is 0 Å². The van der Waals surface area contributed by atoms with Crippen molar-refractivity contribution in [3.8, 4) is 0 Å². The summed E-state index contributed by atoms with van der Waals surface area (Å²) in [5.41, 5.74) is 2.36. The van der Waals surface area contributed by atoms with E-state index < -0.39 is 6.04 Å². The van der Waals surface area contributed by atoms with E-state index in [-0.39, 0.29) is 47.8 Å². The molecular formula is C27H25ClN2O3. The lowest BCUT2D eigenvalue weighted by Gasteiger charge is -2.37. The van der Waals surface area contributed by atoms with E-state index in [4.69, 9.17) is 11.6 Å². The zero-order valence-corrected chi connectivity index (χ0v) is 19.0. The largest absolute Gasteiger partial charge is 0.324 e. The summed E-state index contributed by atoms with van der Waals surface area (Å²) in [5, 5.41) is 3.45. The highest BCUT2D eigenvalue weighted by atomic mass is 35.5. The minimum Gasteiger partial charge on any atom is -0.324 e. The van der Waals surface area contributed by atoms with Crippen LogP contribution < -0.4 is 5.32 Å². The van der Waals surface area contributed by atoms with Crippen LogP contribution in [0.15, 0.2) is 60.7 Å². The highest BCUT2D eigenvalue weighted by Gasteiger charge is 2.67. The minimum absolute atomic E-state index is 0.128. The fraction of sp³-hybridized carbons (Fsp3) is 0.370. The van der Waals surface area contributed by atoms with Gasteiger partial charge >= 0.3 is 0 Å². The van der Waals surface area contributed by atoms with Crippen molar-refractivity contribution in [2.75, 3.05) is 5.32 Å². The van der Waals surface area contributed by atoms with Gasteiger partial charge in [-0.1, -0.05) is 60.2 Å². The standard InChI is InChI=1S/C27H25ClN2O3/c1-14-7-8-16(12-21(14)28)29-25(31)22(11-15-5-3-2-4-6-15)30-26(32)23-17-9-10-18(20-13-19(17)20)24(23)27(30)33/h2-10,12,17-20,22-24H,11,13H2,1H3,(H,29,31)/t17-,18-,19-,20-,22+,23+,24+/m1/s1. The summed E-state index contributed by atoms with van der Waals surface area (Å²) in [7, 11) is 0. The number of nitrogens with one attached hydrogen (secondary N) is 1. The van der Waals surface area contributed by atoms with Crippen LogP contribution in [0, 0.1) is 42.4 Å². The zero-order valence-electron chi connectivity index (χ0n) is 18.3. The number of anilines is 1. The van der Waals surface area contributed by atoms with Crippen LogP contribution >= 0.6 is 11.6 Å². The number of hydrogen-bond donors (Lipinski definition) is 1. The quantitative estimate of drug-likeness (QED) is 0.535. The minimum atomic E-state index is -0.909. The summed E-state index contributed by atoms with van der Waals surface area (Å²) >= 11 is 6.24. The molecule has 5 aliphatic rings. The number of nitrogens with zero attached hydrogens (tertiary/aromatic N) is 1. The molecule has 7 atom stereocenters. The number of allylic oxidation sites excluding steroid dienone is 2.